The summed E-state index contributed by atoms with van der Waals surface area (Å²) in [7, 11) is 0. The second kappa shape index (κ2) is 6.54. The maximum Gasteiger partial charge on any atom is 0.372 e. The van der Waals surface area contributed by atoms with Gasteiger partial charge in [0.05, 0.1) is 6.10 Å². The summed E-state index contributed by atoms with van der Waals surface area (Å²) in [5.74, 6) is -1.04. The fraction of sp³-hybridized carbons (Fsp3) is 0.400. The fourth-order valence-electron chi connectivity index (χ4n) is 2.19. The third kappa shape index (κ3) is 3.18. The number of furan rings is 1. The van der Waals surface area contributed by atoms with Gasteiger partial charge in [-0.25, -0.2) is 4.79 Å². The van der Waals surface area contributed by atoms with Gasteiger partial charge in [-0.1, -0.05) is 18.2 Å². The number of aromatic carboxylic acids is 1. The number of fused-ring (bicyclic) bond motifs is 1. The van der Waals surface area contributed by atoms with E-state index in [-0.39, 0.29) is 11.9 Å². The molecule has 1 aromatic heterocycles. The van der Waals surface area contributed by atoms with Crippen molar-refractivity contribution < 1.29 is 19.1 Å². The number of carboxylic acid groups (broad SMARTS) is 1. The number of para-hydroxylation sites is 1. The number of rotatable bonds is 7. The highest BCUT2D eigenvalue weighted by molar-refractivity contribution is 5.95. The van der Waals surface area contributed by atoms with Crippen LogP contribution >= 0.6 is 0 Å². The van der Waals surface area contributed by atoms with E-state index in [9.17, 15) is 9.90 Å². The SMILES string of the molecule is CCOC(C)CNCc1c(C(=O)O)oc2ccccc12. The van der Waals surface area contributed by atoms with Crippen molar-refractivity contribution in [2.75, 3.05) is 13.2 Å². The molecule has 0 amide bonds. The molecule has 0 saturated carbocycles. The van der Waals surface area contributed by atoms with E-state index in [0.29, 0.717) is 30.8 Å². The molecule has 0 aliphatic rings. The van der Waals surface area contributed by atoms with Gasteiger partial charge < -0.3 is 19.6 Å². The molecule has 1 atom stereocenters. The van der Waals surface area contributed by atoms with Gasteiger partial charge in [-0.05, 0) is 19.9 Å². The Hall–Kier alpha value is -1.85. The molecule has 0 radical (unpaired) electrons. The molecular weight excluding hydrogens is 258 g/mol. The molecule has 0 fully saturated rings. The molecule has 2 N–H and O–H groups in total. The van der Waals surface area contributed by atoms with E-state index >= 15 is 0 Å². The highest BCUT2D eigenvalue weighted by Gasteiger charge is 2.19. The molecule has 1 heterocycles. The Bertz CT molecular complexity index is 591. The Labute approximate surface area is 117 Å². The number of carboxylic acids is 1. The van der Waals surface area contributed by atoms with Crippen molar-refractivity contribution >= 4 is 16.9 Å². The highest BCUT2D eigenvalue weighted by atomic mass is 16.5. The Morgan fingerprint density at radius 1 is 1.45 bits per heavy atom. The zero-order valence-corrected chi connectivity index (χ0v) is 11.7. The van der Waals surface area contributed by atoms with Crippen molar-refractivity contribution in [2.24, 2.45) is 0 Å². The minimum atomic E-state index is -1.05. The van der Waals surface area contributed by atoms with Crippen LogP contribution in [0.5, 0.6) is 0 Å². The van der Waals surface area contributed by atoms with Crippen LogP contribution < -0.4 is 5.32 Å². The van der Waals surface area contributed by atoms with Crippen LogP contribution in [0.1, 0.15) is 30.0 Å². The van der Waals surface area contributed by atoms with Crippen LogP contribution in [0.3, 0.4) is 0 Å². The summed E-state index contributed by atoms with van der Waals surface area (Å²) in [4.78, 5) is 11.2. The van der Waals surface area contributed by atoms with Crippen LogP contribution in [0, 0.1) is 0 Å². The van der Waals surface area contributed by atoms with E-state index in [2.05, 4.69) is 5.32 Å². The number of benzene rings is 1. The molecule has 0 aliphatic carbocycles. The first kappa shape index (κ1) is 14.6. The predicted molar refractivity (Wildman–Crippen MR) is 76.0 cm³/mol. The first-order chi connectivity index (χ1) is 9.63. The van der Waals surface area contributed by atoms with Crippen LogP contribution in [0.15, 0.2) is 28.7 Å². The van der Waals surface area contributed by atoms with E-state index in [0.717, 1.165) is 5.39 Å². The lowest BCUT2D eigenvalue weighted by atomic mass is 10.1. The van der Waals surface area contributed by atoms with Gasteiger partial charge in [0.2, 0.25) is 5.76 Å². The smallest absolute Gasteiger partial charge is 0.372 e. The zero-order valence-electron chi connectivity index (χ0n) is 11.7. The molecule has 108 valence electrons. The predicted octanol–water partition coefficient (Wildman–Crippen LogP) is 2.65. The Kier molecular flexibility index (Phi) is 4.76. The van der Waals surface area contributed by atoms with E-state index in [1.165, 1.54) is 0 Å². The number of carbonyl (C=O) groups is 1. The maximum atomic E-state index is 11.2. The van der Waals surface area contributed by atoms with Crippen molar-refractivity contribution in [1.29, 1.82) is 0 Å². The first-order valence-electron chi connectivity index (χ1n) is 6.69. The Balaban J connectivity index is 2.15. The van der Waals surface area contributed by atoms with Gasteiger partial charge in [0, 0.05) is 30.6 Å². The lowest BCUT2D eigenvalue weighted by molar-refractivity contribution is 0.0662. The second-order valence-corrected chi connectivity index (χ2v) is 4.61. The maximum absolute atomic E-state index is 11.2. The molecule has 0 saturated heterocycles. The van der Waals surface area contributed by atoms with Crippen LogP contribution in [0.25, 0.3) is 11.0 Å². The van der Waals surface area contributed by atoms with Gasteiger partial charge in [0.25, 0.3) is 0 Å². The average Bonchev–Trinajstić information content (AvgIpc) is 2.78. The van der Waals surface area contributed by atoms with Crippen molar-refractivity contribution in [2.45, 2.75) is 26.5 Å². The van der Waals surface area contributed by atoms with Gasteiger partial charge in [-0.2, -0.15) is 0 Å². The molecule has 1 unspecified atom stereocenters. The van der Waals surface area contributed by atoms with Crippen molar-refractivity contribution in [1.82, 2.24) is 5.32 Å². The summed E-state index contributed by atoms with van der Waals surface area (Å²) in [6, 6.07) is 7.34. The summed E-state index contributed by atoms with van der Waals surface area (Å²) in [5, 5.41) is 13.3. The van der Waals surface area contributed by atoms with Crippen LogP contribution in [-0.4, -0.2) is 30.3 Å². The molecule has 5 heteroatoms. The summed E-state index contributed by atoms with van der Waals surface area (Å²) in [6.45, 7) is 5.69. The summed E-state index contributed by atoms with van der Waals surface area (Å²) in [5.41, 5.74) is 1.27. The number of hydrogen-bond donors (Lipinski definition) is 2. The number of ether oxygens (including phenoxy) is 1. The van der Waals surface area contributed by atoms with E-state index in [4.69, 9.17) is 9.15 Å². The van der Waals surface area contributed by atoms with E-state index in [1.54, 1.807) is 6.07 Å². The lowest BCUT2D eigenvalue weighted by Crippen LogP contribution is -2.26. The highest BCUT2D eigenvalue weighted by Crippen LogP contribution is 2.25. The van der Waals surface area contributed by atoms with Crippen molar-refractivity contribution in [3.05, 3.63) is 35.6 Å². The molecular formula is C15H19NO4. The minimum absolute atomic E-state index is 0.00256. The molecule has 5 nitrogen and oxygen atoms in total. The molecule has 2 rings (SSSR count). The summed E-state index contributed by atoms with van der Waals surface area (Å²) >= 11 is 0. The molecule has 0 aliphatic heterocycles. The molecule has 2 aromatic rings. The topological polar surface area (TPSA) is 71.7 Å². The van der Waals surface area contributed by atoms with Gasteiger partial charge in [0.15, 0.2) is 0 Å². The fourth-order valence-corrected chi connectivity index (χ4v) is 2.19. The van der Waals surface area contributed by atoms with E-state index < -0.39 is 5.97 Å². The molecule has 0 bridgehead atoms. The van der Waals surface area contributed by atoms with Crippen molar-refractivity contribution in [3.63, 3.8) is 0 Å². The second-order valence-electron chi connectivity index (χ2n) is 4.61. The van der Waals surface area contributed by atoms with Crippen LogP contribution in [0.2, 0.25) is 0 Å². The third-order valence-electron chi connectivity index (χ3n) is 3.08. The molecule has 20 heavy (non-hydrogen) atoms. The third-order valence-corrected chi connectivity index (χ3v) is 3.08. The lowest BCUT2D eigenvalue weighted by Gasteiger charge is -2.12. The van der Waals surface area contributed by atoms with Gasteiger partial charge in [-0.3, -0.25) is 0 Å². The summed E-state index contributed by atoms with van der Waals surface area (Å²) in [6.07, 6.45) is 0.0893. The van der Waals surface area contributed by atoms with Gasteiger partial charge >= 0.3 is 5.97 Å². The standard InChI is InChI=1S/C15H19NO4/c1-3-19-10(2)8-16-9-12-11-6-4-5-7-13(11)20-14(12)15(17)18/h4-7,10,16H,3,8-9H2,1-2H3,(H,17,18). The zero-order chi connectivity index (χ0) is 14.5. The van der Waals surface area contributed by atoms with Gasteiger partial charge in [0.1, 0.15) is 5.58 Å². The minimum Gasteiger partial charge on any atom is -0.475 e. The Morgan fingerprint density at radius 2 is 2.20 bits per heavy atom. The molecule has 0 spiro atoms. The first-order valence-corrected chi connectivity index (χ1v) is 6.69. The quantitative estimate of drug-likeness (QED) is 0.814. The summed E-state index contributed by atoms with van der Waals surface area (Å²) < 4.78 is 10.8. The van der Waals surface area contributed by atoms with Crippen LogP contribution in [-0.2, 0) is 11.3 Å². The molecule has 1 aromatic carbocycles. The number of hydrogen-bond acceptors (Lipinski definition) is 4. The average molecular weight is 277 g/mol. The van der Waals surface area contributed by atoms with Crippen LogP contribution in [0.4, 0.5) is 0 Å². The van der Waals surface area contributed by atoms with Gasteiger partial charge in [-0.15, -0.1) is 0 Å². The van der Waals surface area contributed by atoms with Crippen molar-refractivity contribution in [3.8, 4) is 0 Å². The van der Waals surface area contributed by atoms with E-state index in [1.807, 2.05) is 32.0 Å². The Morgan fingerprint density at radius 3 is 2.90 bits per heavy atom. The normalized spacial score (nSPS) is 12.7. The monoisotopic (exact) mass is 277 g/mol. The number of nitrogens with one attached hydrogen (secondary N) is 1. The largest absolute Gasteiger partial charge is 0.475 e.